The first kappa shape index (κ1) is 24.6. The number of fused-ring (bicyclic) bond motifs is 2. The van der Waals surface area contributed by atoms with Crippen LogP contribution in [0.4, 0.5) is 0 Å². The average molecular weight is 494 g/mol. The van der Waals surface area contributed by atoms with Crippen LogP contribution in [-0.4, -0.2) is 28.8 Å². The summed E-state index contributed by atoms with van der Waals surface area (Å²) in [6.45, 7) is 7.47. The third-order valence-electron chi connectivity index (χ3n) is 6.31. The van der Waals surface area contributed by atoms with Gasteiger partial charge in [0.25, 0.3) is 0 Å². The van der Waals surface area contributed by atoms with Crippen molar-refractivity contribution in [3.05, 3.63) is 80.4 Å². The lowest BCUT2D eigenvalue weighted by molar-refractivity contribution is -0.141. The molecular weight excluding hydrogens is 466 g/mol. The van der Waals surface area contributed by atoms with Gasteiger partial charge in [-0.15, -0.1) is 0 Å². The molecule has 0 radical (unpaired) electrons. The van der Waals surface area contributed by atoms with Crippen molar-refractivity contribution in [3.63, 3.8) is 0 Å². The van der Waals surface area contributed by atoms with Crippen molar-refractivity contribution in [1.82, 2.24) is 5.32 Å². The zero-order chi connectivity index (χ0) is 25.3. The fraction of sp³-hybridized carbons (Fsp3) is 0.296. The fourth-order valence-electron chi connectivity index (χ4n) is 4.15. The van der Waals surface area contributed by atoms with Crippen LogP contribution in [0.25, 0.3) is 21.9 Å². The number of carbonyl (C=O) groups excluding carboxylic acids is 1. The van der Waals surface area contributed by atoms with E-state index >= 15 is 0 Å². The number of furan rings is 1. The highest BCUT2D eigenvalue weighted by atomic mass is 32.2. The number of carboxylic acids is 1. The molecule has 0 spiro atoms. The van der Waals surface area contributed by atoms with Gasteiger partial charge in [-0.2, -0.15) is 11.8 Å². The Hall–Kier alpha value is -3.52. The minimum absolute atomic E-state index is 0.206. The number of amides is 1. The van der Waals surface area contributed by atoms with Crippen LogP contribution in [0.5, 0.6) is 0 Å². The summed E-state index contributed by atoms with van der Waals surface area (Å²) in [5.74, 6) is -0.0277. The first-order valence-electron chi connectivity index (χ1n) is 11.3. The van der Waals surface area contributed by atoms with Crippen molar-refractivity contribution >= 4 is 45.6 Å². The lowest BCUT2D eigenvalue weighted by Crippen LogP contribution is -2.43. The van der Waals surface area contributed by atoms with Crippen LogP contribution < -0.4 is 10.9 Å². The molecule has 0 aliphatic carbocycles. The van der Waals surface area contributed by atoms with E-state index in [4.69, 9.17) is 8.83 Å². The number of carbonyl (C=O) groups is 2. The van der Waals surface area contributed by atoms with Crippen LogP contribution in [0.1, 0.15) is 33.6 Å². The molecule has 0 bridgehead atoms. The molecule has 7 nitrogen and oxygen atoms in total. The number of hydrogen-bond acceptors (Lipinski definition) is 6. The molecule has 2 heterocycles. The third kappa shape index (κ3) is 4.98. The van der Waals surface area contributed by atoms with Crippen LogP contribution in [0.2, 0.25) is 0 Å². The van der Waals surface area contributed by atoms with Crippen molar-refractivity contribution in [2.45, 2.75) is 45.9 Å². The Labute approximate surface area is 206 Å². The normalized spacial score (nSPS) is 12.2. The molecule has 1 amide bonds. The Morgan fingerprint density at radius 1 is 0.971 bits per heavy atom. The van der Waals surface area contributed by atoms with Crippen molar-refractivity contribution in [2.24, 2.45) is 0 Å². The first-order chi connectivity index (χ1) is 16.7. The molecule has 0 fully saturated rings. The van der Waals surface area contributed by atoms with Crippen molar-refractivity contribution in [1.29, 1.82) is 0 Å². The zero-order valence-corrected chi connectivity index (χ0v) is 20.9. The summed E-state index contributed by atoms with van der Waals surface area (Å²) in [7, 11) is 0. The topological polar surface area (TPSA) is 110 Å². The van der Waals surface area contributed by atoms with Gasteiger partial charge < -0.3 is 19.3 Å². The number of hydrogen-bond donors (Lipinski definition) is 2. The van der Waals surface area contributed by atoms with Gasteiger partial charge in [0, 0.05) is 27.8 Å². The van der Waals surface area contributed by atoms with Crippen molar-refractivity contribution in [2.75, 3.05) is 5.75 Å². The smallest absolute Gasteiger partial charge is 0.340 e. The molecule has 2 aromatic carbocycles. The van der Waals surface area contributed by atoms with Crippen LogP contribution in [0.15, 0.2) is 50.0 Å². The second-order valence-corrected chi connectivity index (χ2v) is 9.70. The zero-order valence-electron chi connectivity index (χ0n) is 20.1. The molecule has 0 saturated heterocycles. The Morgan fingerprint density at radius 2 is 1.63 bits per heavy atom. The van der Waals surface area contributed by atoms with Gasteiger partial charge >= 0.3 is 11.6 Å². The van der Waals surface area contributed by atoms with Crippen LogP contribution in [-0.2, 0) is 21.8 Å². The Bertz CT molecular complexity index is 1490. The van der Waals surface area contributed by atoms with E-state index in [2.05, 4.69) is 5.32 Å². The highest BCUT2D eigenvalue weighted by Gasteiger charge is 2.23. The molecule has 0 aliphatic heterocycles. The number of aliphatic carboxylic acids is 1. The number of thioether (sulfide) groups is 1. The second-order valence-electron chi connectivity index (χ2n) is 8.67. The number of carboxylic acid groups (broad SMARTS) is 1. The summed E-state index contributed by atoms with van der Waals surface area (Å²) in [5, 5.41) is 13.8. The highest BCUT2D eigenvalue weighted by molar-refractivity contribution is 7.98. The molecule has 0 aliphatic rings. The van der Waals surface area contributed by atoms with Gasteiger partial charge in [-0.1, -0.05) is 30.3 Å². The van der Waals surface area contributed by atoms with Crippen LogP contribution in [0.3, 0.4) is 0 Å². The van der Waals surface area contributed by atoms with Gasteiger partial charge in [0.2, 0.25) is 5.91 Å². The number of nitrogens with one attached hydrogen (secondary N) is 1. The molecule has 182 valence electrons. The second kappa shape index (κ2) is 10.00. The minimum Gasteiger partial charge on any atom is -0.480 e. The van der Waals surface area contributed by atoms with E-state index in [9.17, 15) is 19.5 Å². The first-order valence-corrected chi connectivity index (χ1v) is 12.4. The predicted octanol–water partition coefficient (Wildman–Crippen LogP) is 4.82. The summed E-state index contributed by atoms with van der Waals surface area (Å²) in [6, 6.07) is 10.5. The standard InChI is InChI=1S/C27H27NO6S/c1-14-17(4)33-24-16(3)25-20(10-19(14)24)15(2)21(27(32)34-25)11-23(29)28-22(26(30)31)13-35-12-18-8-6-5-7-9-18/h5-10,22H,11-13H2,1-4H3,(H,28,29)(H,30,31)/t22-/m0/s1. The van der Waals surface area contributed by atoms with E-state index < -0.39 is 23.5 Å². The third-order valence-corrected chi connectivity index (χ3v) is 7.42. The number of benzene rings is 2. The summed E-state index contributed by atoms with van der Waals surface area (Å²) in [4.78, 5) is 37.3. The SMILES string of the molecule is Cc1oc2c(C)c3oc(=O)c(CC(=O)N[C@@H](CSCc4ccccc4)C(=O)O)c(C)c3cc2c1C. The monoisotopic (exact) mass is 493 g/mol. The quantitative estimate of drug-likeness (QED) is 0.339. The number of aryl methyl sites for hydroxylation is 4. The summed E-state index contributed by atoms with van der Waals surface area (Å²) in [6.07, 6.45) is -0.266. The van der Waals surface area contributed by atoms with E-state index in [0.717, 1.165) is 33.2 Å². The molecule has 1 atom stereocenters. The maximum Gasteiger partial charge on any atom is 0.340 e. The van der Waals surface area contributed by atoms with Gasteiger partial charge in [-0.05, 0) is 50.5 Å². The molecule has 4 rings (SSSR count). The van der Waals surface area contributed by atoms with Gasteiger partial charge in [0.05, 0.1) is 12.0 Å². The highest BCUT2D eigenvalue weighted by Crippen LogP contribution is 2.34. The van der Waals surface area contributed by atoms with Gasteiger partial charge in [0.1, 0.15) is 23.0 Å². The molecule has 35 heavy (non-hydrogen) atoms. The molecule has 0 saturated carbocycles. The molecule has 0 unspecified atom stereocenters. The summed E-state index contributed by atoms with van der Waals surface area (Å²) < 4.78 is 11.5. The van der Waals surface area contributed by atoms with Gasteiger partial charge in [0.15, 0.2) is 0 Å². The van der Waals surface area contributed by atoms with E-state index in [0.29, 0.717) is 22.5 Å². The van der Waals surface area contributed by atoms with E-state index in [1.54, 1.807) is 6.92 Å². The Balaban J connectivity index is 1.55. The molecule has 4 aromatic rings. The molecule has 8 heteroatoms. The largest absolute Gasteiger partial charge is 0.480 e. The lowest BCUT2D eigenvalue weighted by atomic mass is 9.98. The number of rotatable bonds is 8. The molecule has 2 N–H and O–H groups in total. The van der Waals surface area contributed by atoms with Crippen LogP contribution >= 0.6 is 11.8 Å². The van der Waals surface area contributed by atoms with Crippen LogP contribution in [0, 0.1) is 27.7 Å². The van der Waals surface area contributed by atoms with Gasteiger partial charge in [-0.3, -0.25) is 4.79 Å². The maximum atomic E-state index is 12.8. The summed E-state index contributed by atoms with van der Waals surface area (Å²) in [5.41, 5.74) is 4.16. The summed E-state index contributed by atoms with van der Waals surface area (Å²) >= 11 is 1.42. The Morgan fingerprint density at radius 3 is 2.31 bits per heavy atom. The predicted molar refractivity (Wildman–Crippen MR) is 137 cm³/mol. The van der Waals surface area contributed by atoms with Crippen molar-refractivity contribution in [3.8, 4) is 0 Å². The van der Waals surface area contributed by atoms with E-state index in [1.165, 1.54) is 11.8 Å². The molecule has 2 aromatic heterocycles. The maximum absolute atomic E-state index is 12.8. The van der Waals surface area contributed by atoms with E-state index in [-0.39, 0.29) is 17.7 Å². The minimum atomic E-state index is -1.12. The fourth-order valence-corrected chi connectivity index (χ4v) is 5.15. The van der Waals surface area contributed by atoms with E-state index in [1.807, 2.05) is 57.2 Å². The van der Waals surface area contributed by atoms with Crippen molar-refractivity contribution < 1.29 is 23.5 Å². The molecular formula is C27H27NO6S. The van der Waals surface area contributed by atoms with Gasteiger partial charge in [-0.25, -0.2) is 9.59 Å². The average Bonchev–Trinajstić information content (AvgIpc) is 3.11. The Kier molecular flexibility index (Phi) is 7.03. The lowest BCUT2D eigenvalue weighted by Gasteiger charge is -2.15.